The minimum atomic E-state index is -4.25. The van der Waals surface area contributed by atoms with Crippen molar-refractivity contribution >= 4 is 0 Å². The van der Waals surface area contributed by atoms with E-state index in [-0.39, 0.29) is 0 Å². The van der Waals surface area contributed by atoms with Gasteiger partial charge in [0.15, 0.2) is 0 Å². The Morgan fingerprint density at radius 1 is 1.32 bits per heavy atom. The van der Waals surface area contributed by atoms with E-state index in [4.69, 9.17) is 4.74 Å². The minimum absolute atomic E-state index is 0.345. The van der Waals surface area contributed by atoms with Gasteiger partial charge in [0, 0.05) is 6.54 Å². The van der Waals surface area contributed by atoms with Gasteiger partial charge >= 0.3 is 6.18 Å². The van der Waals surface area contributed by atoms with Crippen molar-refractivity contribution in [1.82, 2.24) is 5.32 Å². The van der Waals surface area contributed by atoms with E-state index in [2.05, 4.69) is 5.32 Å². The maximum atomic E-state index is 13.1. The van der Waals surface area contributed by atoms with E-state index in [9.17, 15) is 17.6 Å². The van der Waals surface area contributed by atoms with Gasteiger partial charge in [0.05, 0.1) is 19.1 Å². The molecule has 0 aliphatic carbocycles. The number of rotatable bonds is 7. The molecule has 0 aliphatic heterocycles. The molecule has 0 spiro atoms. The monoisotopic (exact) mass is 279 g/mol. The second kappa shape index (κ2) is 7.45. The normalized spacial score (nSPS) is 13.5. The maximum Gasteiger partial charge on any atom is 0.391 e. The first kappa shape index (κ1) is 15.9. The van der Waals surface area contributed by atoms with Crippen molar-refractivity contribution < 1.29 is 22.3 Å². The van der Waals surface area contributed by atoms with E-state index >= 15 is 0 Å². The lowest BCUT2D eigenvalue weighted by molar-refractivity contribution is -0.149. The first-order valence-electron chi connectivity index (χ1n) is 6.07. The van der Waals surface area contributed by atoms with E-state index in [0.717, 1.165) is 0 Å². The lowest BCUT2D eigenvalue weighted by Gasteiger charge is -2.19. The second-order valence-electron chi connectivity index (χ2n) is 4.09. The van der Waals surface area contributed by atoms with Crippen molar-refractivity contribution in [3.63, 3.8) is 0 Å². The molecule has 0 amide bonds. The van der Waals surface area contributed by atoms with Crippen LogP contribution in [0, 0.1) is 5.82 Å². The Morgan fingerprint density at radius 2 is 2.05 bits per heavy atom. The summed E-state index contributed by atoms with van der Waals surface area (Å²) in [6.07, 6.45) is -5.84. The molecule has 0 saturated heterocycles. The number of ether oxygens (including phenoxy) is 1. The van der Waals surface area contributed by atoms with Crippen molar-refractivity contribution in [2.24, 2.45) is 0 Å². The van der Waals surface area contributed by atoms with Crippen LogP contribution in [0.1, 0.15) is 25.0 Å². The van der Waals surface area contributed by atoms with Gasteiger partial charge in [0.1, 0.15) is 5.82 Å². The van der Waals surface area contributed by atoms with Crippen LogP contribution in [0.5, 0.6) is 0 Å². The van der Waals surface area contributed by atoms with Crippen LogP contribution in [0.2, 0.25) is 0 Å². The van der Waals surface area contributed by atoms with Gasteiger partial charge in [0.2, 0.25) is 0 Å². The molecular formula is C13H17F4NO. The van der Waals surface area contributed by atoms with Crippen LogP contribution in [0.15, 0.2) is 24.3 Å². The molecule has 0 bridgehead atoms. The minimum Gasteiger partial charge on any atom is -0.372 e. The molecule has 1 atom stereocenters. The second-order valence-corrected chi connectivity index (χ2v) is 4.09. The molecule has 6 heteroatoms. The molecule has 1 rings (SSSR count). The number of hydrogen-bond acceptors (Lipinski definition) is 2. The zero-order chi connectivity index (χ0) is 14.3. The van der Waals surface area contributed by atoms with Crippen LogP contribution in [0.25, 0.3) is 0 Å². The highest BCUT2D eigenvalue weighted by atomic mass is 19.4. The number of benzene rings is 1. The predicted molar refractivity (Wildman–Crippen MR) is 64.3 cm³/mol. The zero-order valence-electron chi connectivity index (χ0n) is 10.6. The summed E-state index contributed by atoms with van der Waals surface area (Å²) in [4.78, 5) is 0. The van der Waals surface area contributed by atoms with Crippen LogP contribution in [-0.2, 0) is 4.74 Å². The molecule has 1 aromatic carbocycles. The van der Waals surface area contributed by atoms with Crippen molar-refractivity contribution in [2.45, 2.75) is 25.6 Å². The lowest BCUT2D eigenvalue weighted by atomic mass is 10.1. The first-order chi connectivity index (χ1) is 8.92. The van der Waals surface area contributed by atoms with Crippen molar-refractivity contribution in [1.29, 1.82) is 0 Å². The summed E-state index contributed by atoms with van der Waals surface area (Å²) in [5.41, 5.74) is 0.531. The van der Waals surface area contributed by atoms with E-state index in [1.807, 2.05) is 6.92 Å². The van der Waals surface area contributed by atoms with Crippen molar-refractivity contribution in [3.8, 4) is 0 Å². The largest absolute Gasteiger partial charge is 0.391 e. The molecule has 0 heterocycles. The third-order valence-electron chi connectivity index (χ3n) is 2.50. The number of halogens is 4. The molecule has 0 saturated carbocycles. The van der Waals surface area contributed by atoms with E-state index in [1.54, 1.807) is 6.07 Å². The van der Waals surface area contributed by atoms with E-state index in [0.29, 0.717) is 18.7 Å². The smallest absolute Gasteiger partial charge is 0.372 e. The number of likely N-dealkylation sites (N-methyl/N-ethyl adjacent to an activating group) is 1. The Labute approximate surface area is 109 Å². The zero-order valence-corrected chi connectivity index (χ0v) is 10.6. The summed E-state index contributed by atoms with van der Waals surface area (Å²) in [7, 11) is 0. The Morgan fingerprint density at radius 3 is 2.63 bits per heavy atom. The number of hydrogen-bond donors (Lipinski definition) is 1. The molecule has 1 unspecified atom stereocenters. The molecule has 108 valence electrons. The van der Waals surface area contributed by atoms with Crippen LogP contribution in [0.4, 0.5) is 17.6 Å². The number of alkyl halides is 3. The molecule has 0 aliphatic rings. The third kappa shape index (κ3) is 6.54. The van der Waals surface area contributed by atoms with Gasteiger partial charge in [-0.1, -0.05) is 19.1 Å². The van der Waals surface area contributed by atoms with E-state index in [1.165, 1.54) is 18.2 Å². The molecule has 0 aromatic heterocycles. The first-order valence-corrected chi connectivity index (χ1v) is 6.07. The Bertz CT molecular complexity index is 381. The molecule has 0 radical (unpaired) electrons. The molecule has 19 heavy (non-hydrogen) atoms. The van der Waals surface area contributed by atoms with Crippen molar-refractivity contribution in [3.05, 3.63) is 35.6 Å². The Hall–Kier alpha value is -1.14. The average Bonchev–Trinajstić information content (AvgIpc) is 2.32. The fourth-order valence-electron chi connectivity index (χ4n) is 1.57. The quantitative estimate of drug-likeness (QED) is 0.772. The van der Waals surface area contributed by atoms with Crippen molar-refractivity contribution in [2.75, 3.05) is 19.7 Å². The fourth-order valence-corrected chi connectivity index (χ4v) is 1.57. The summed E-state index contributed by atoms with van der Waals surface area (Å²) in [6.45, 7) is 2.45. The van der Waals surface area contributed by atoms with Gasteiger partial charge in [-0.15, -0.1) is 0 Å². The highest BCUT2D eigenvalue weighted by molar-refractivity contribution is 5.19. The molecule has 2 nitrogen and oxygen atoms in total. The molecule has 0 fully saturated rings. The average molecular weight is 279 g/mol. The molecular weight excluding hydrogens is 262 g/mol. The van der Waals surface area contributed by atoms with Gasteiger partial charge in [-0.05, 0) is 24.2 Å². The third-order valence-corrected chi connectivity index (χ3v) is 2.50. The summed E-state index contributed by atoms with van der Waals surface area (Å²) in [5.74, 6) is -0.432. The highest BCUT2D eigenvalue weighted by Crippen LogP contribution is 2.23. The standard InChI is InChI=1S/C13H17F4NO/c1-2-18-9-12(19-7-6-13(15,16)17)10-4-3-5-11(14)8-10/h3-5,8,12,18H,2,6-7,9H2,1H3. The predicted octanol–water partition coefficient (Wildman–Crippen LogP) is 3.45. The summed E-state index contributed by atoms with van der Waals surface area (Å²) >= 11 is 0. The Kier molecular flexibility index (Phi) is 6.24. The Balaban J connectivity index is 2.61. The fraction of sp³-hybridized carbons (Fsp3) is 0.538. The lowest BCUT2D eigenvalue weighted by Crippen LogP contribution is -2.24. The number of nitrogens with one attached hydrogen (secondary N) is 1. The van der Waals surface area contributed by atoms with Crippen LogP contribution in [0.3, 0.4) is 0 Å². The summed E-state index contributed by atoms with van der Waals surface area (Å²) < 4.78 is 54.5. The maximum absolute atomic E-state index is 13.1. The van der Waals surface area contributed by atoms with Gasteiger partial charge in [-0.3, -0.25) is 0 Å². The van der Waals surface area contributed by atoms with Crippen LogP contribution >= 0.6 is 0 Å². The van der Waals surface area contributed by atoms with Gasteiger partial charge < -0.3 is 10.1 Å². The van der Waals surface area contributed by atoms with Crippen LogP contribution in [-0.4, -0.2) is 25.9 Å². The van der Waals surface area contributed by atoms with Gasteiger partial charge in [-0.25, -0.2) is 4.39 Å². The molecule has 1 N–H and O–H groups in total. The van der Waals surface area contributed by atoms with Gasteiger partial charge in [0.25, 0.3) is 0 Å². The van der Waals surface area contributed by atoms with Crippen LogP contribution < -0.4 is 5.32 Å². The topological polar surface area (TPSA) is 21.3 Å². The summed E-state index contributed by atoms with van der Waals surface area (Å²) in [5, 5.41) is 2.99. The SMILES string of the molecule is CCNCC(OCCC(F)(F)F)c1cccc(F)c1. The highest BCUT2D eigenvalue weighted by Gasteiger charge is 2.27. The van der Waals surface area contributed by atoms with Gasteiger partial charge in [-0.2, -0.15) is 13.2 Å². The summed E-state index contributed by atoms with van der Waals surface area (Å²) in [6, 6.07) is 5.70. The molecule has 1 aromatic rings. The van der Waals surface area contributed by atoms with E-state index < -0.39 is 31.1 Å².